The van der Waals surface area contributed by atoms with Gasteiger partial charge in [-0.1, -0.05) is 64.5 Å². The van der Waals surface area contributed by atoms with Gasteiger partial charge < -0.3 is 15.2 Å². The Morgan fingerprint density at radius 3 is 2.12 bits per heavy atom. The zero-order valence-electron chi connectivity index (χ0n) is 12.7. The number of carboxylic acid groups (broad SMARTS) is 1. The van der Waals surface area contributed by atoms with Gasteiger partial charge in [0.2, 0.25) is 0 Å². The molecule has 5 nitrogen and oxygen atoms in total. The number of amides is 1. The second-order valence-electron chi connectivity index (χ2n) is 5.52. The van der Waals surface area contributed by atoms with Crippen molar-refractivity contribution < 1.29 is 19.4 Å². The first-order valence-corrected chi connectivity index (χ1v) is 8.64. The number of halogens is 1. The molecule has 0 aliphatic heterocycles. The molecule has 0 fully saturated rings. The minimum absolute atomic E-state index is 0.0459. The van der Waals surface area contributed by atoms with Crippen molar-refractivity contribution in [2.24, 2.45) is 0 Å². The molecule has 0 saturated heterocycles. The third-order valence-electron chi connectivity index (χ3n) is 4.09. The highest BCUT2D eigenvalue weighted by atomic mass is 79.9. The molecule has 0 radical (unpaired) electrons. The van der Waals surface area contributed by atoms with Crippen LogP contribution in [-0.4, -0.2) is 35.1 Å². The topological polar surface area (TPSA) is 75.6 Å². The smallest absolute Gasteiger partial charge is 0.407 e. The SMILES string of the molecule is O=C(N[C@@H](CBr)C(=O)O)OCC1c2ccccc2-c2ccccc21. The van der Waals surface area contributed by atoms with Crippen molar-refractivity contribution in [3.05, 3.63) is 59.7 Å². The maximum absolute atomic E-state index is 11.9. The summed E-state index contributed by atoms with van der Waals surface area (Å²) in [6.45, 7) is 0.161. The molecule has 1 atom stereocenters. The quantitative estimate of drug-likeness (QED) is 0.768. The van der Waals surface area contributed by atoms with Gasteiger partial charge in [0.15, 0.2) is 0 Å². The summed E-state index contributed by atoms with van der Waals surface area (Å²) < 4.78 is 5.29. The Morgan fingerprint density at radius 2 is 1.62 bits per heavy atom. The zero-order chi connectivity index (χ0) is 17.1. The van der Waals surface area contributed by atoms with E-state index < -0.39 is 18.1 Å². The molecule has 0 spiro atoms. The van der Waals surface area contributed by atoms with Crippen molar-refractivity contribution in [1.82, 2.24) is 5.32 Å². The zero-order valence-corrected chi connectivity index (χ0v) is 14.3. The van der Waals surface area contributed by atoms with Gasteiger partial charge in [-0.25, -0.2) is 9.59 Å². The van der Waals surface area contributed by atoms with Crippen molar-refractivity contribution in [3.63, 3.8) is 0 Å². The van der Waals surface area contributed by atoms with Crippen molar-refractivity contribution in [2.45, 2.75) is 12.0 Å². The Labute approximate surface area is 147 Å². The third-order valence-corrected chi connectivity index (χ3v) is 4.74. The molecule has 0 bridgehead atoms. The average Bonchev–Trinajstić information content (AvgIpc) is 2.91. The van der Waals surface area contributed by atoms with E-state index in [-0.39, 0.29) is 17.9 Å². The Morgan fingerprint density at radius 1 is 1.08 bits per heavy atom. The molecule has 2 N–H and O–H groups in total. The van der Waals surface area contributed by atoms with Crippen LogP contribution in [0.4, 0.5) is 4.79 Å². The van der Waals surface area contributed by atoms with Gasteiger partial charge in [-0.2, -0.15) is 0 Å². The first-order chi connectivity index (χ1) is 11.6. The summed E-state index contributed by atoms with van der Waals surface area (Å²) in [6.07, 6.45) is -0.733. The molecule has 0 saturated carbocycles. The van der Waals surface area contributed by atoms with Gasteiger partial charge in [0, 0.05) is 11.2 Å². The van der Waals surface area contributed by atoms with Gasteiger partial charge in [-0.3, -0.25) is 0 Å². The minimum atomic E-state index is -1.11. The van der Waals surface area contributed by atoms with Crippen molar-refractivity contribution in [2.75, 3.05) is 11.9 Å². The van der Waals surface area contributed by atoms with Crippen LogP contribution in [0.15, 0.2) is 48.5 Å². The lowest BCUT2D eigenvalue weighted by Gasteiger charge is -2.16. The number of nitrogens with one attached hydrogen (secondary N) is 1. The van der Waals surface area contributed by atoms with E-state index in [1.807, 2.05) is 36.4 Å². The Balaban J connectivity index is 1.74. The third kappa shape index (κ3) is 3.14. The number of carboxylic acids is 1. The molecule has 24 heavy (non-hydrogen) atoms. The summed E-state index contributed by atoms with van der Waals surface area (Å²) in [7, 11) is 0. The first-order valence-electron chi connectivity index (χ1n) is 7.52. The largest absolute Gasteiger partial charge is 0.480 e. The molecule has 124 valence electrons. The van der Waals surface area contributed by atoms with Gasteiger partial charge in [0.05, 0.1) is 0 Å². The molecule has 6 heteroatoms. The van der Waals surface area contributed by atoms with Gasteiger partial charge >= 0.3 is 12.1 Å². The fourth-order valence-corrected chi connectivity index (χ4v) is 3.39. The standard InChI is InChI=1S/C18H16BrNO4/c19-9-16(17(21)22)20-18(23)24-10-15-13-7-3-1-5-11(13)12-6-2-4-8-14(12)15/h1-8,15-16H,9-10H2,(H,20,23)(H,21,22)/t16-/m0/s1. The van der Waals surface area contributed by atoms with Crippen LogP contribution >= 0.6 is 15.9 Å². The highest BCUT2D eigenvalue weighted by Gasteiger charge is 2.29. The number of carbonyl (C=O) groups is 2. The highest BCUT2D eigenvalue weighted by molar-refractivity contribution is 9.09. The monoisotopic (exact) mass is 389 g/mol. The molecule has 3 rings (SSSR count). The number of alkyl halides is 1. The van der Waals surface area contributed by atoms with Crippen LogP contribution in [-0.2, 0) is 9.53 Å². The van der Waals surface area contributed by atoms with E-state index in [0.717, 1.165) is 22.3 Å². The van der Waals surface area contributed by atoms with Crippen LogP contribution in [0.1, 0.15) is 17.0 Å². The number of benzene rings is 2. The number of rotatable bonds is 5. The maximum Gasteiger partial charge on any atom is 0.407 e. The van der Waals surface area contributed by atoms with E-state index in [4.69, 9.17) is 9.84 Å². The molecule has 1 aliphatic rings. The second-order valence-corrected chi connectivity index (χ2v) is 6.16. The molecular formula is C18H16BrNO4. The predicted molar refractivity (Wildman–Crippen MR) is 93.4 cm³/mol. The number of ether oxygens (including phenoxy) is 1. The molecule has 1 aliphatic carbocycles. The van der Waals surface area contributed by atoms with Crippen LogP contribution in [0.2, 0.25) is 0 Å². The lowest BCUT2D eigenvalue weighted by atomic mass is 9.98. The van der Waals surface area contributed by atoms with E-state index in [1.54, 1.807) is 0 Å². The Bertz CT molecular complexity index is 732. The normalized spacial score (nSPS) is 13.7. The molecule has 0 unspecified atom stereocenters. The fourth-order valence-electron chi connectivity index (χ4n) is 2.95. The van der Waals surface area contributed by atoms with E-state index in [9.17, 15) is 9.59 Å². The van der Waals surface area contributed by atoms with Crippen LogP contribution < -0.4 is 5.32 Å². The summed E-state index contributed by atoms with van der Waals surface area (Å²) >= 11 is 3.05. The summed E-state index contributed by atoms with van der Waals surface area (Å²) in [4.78, 5) is 22.8. The van der Waals surface area contributed by atoms with Crippen LogP contribution in [0.3, 0.4) is 0 Å². The van der Waals surface area contributed by atoms with Crippen LogP contribution in [0, 0.1) is 0 Å². The Hall–Kier alpha value is -2.34. The van der Waals surface area contributed by atoms with Crippen LogP contribution in [0.5, 0.6) is 0 Å². The van der Waals surface area contributed by atoms with Crippen LogP contribution in [0.25, 0.3) is 11.1 Å². The van der Waals surface area contributed by atoms with Gasteiger partial charge in [0.25, 0.3) is 0 Å². The maximum atomic E-state index is 11.9. The summed E-state index contributed by atoms with van der Waals surface area (Å²) in [5.41, 5.74) is 4.51. The van der Waals surface area contributed by atoms with Gasteiger partial charge in [-0.15, -0.1) is 0 Å². The minimum Gasteiger partial charge on any atom is -0.480 e. The van der Waals surface area contributed by atoms with E-state index in [2.05, 4.69) is 33.4 Å². The molecule has 0 heterocycles. The number of aliphatic carboxylic acids is 1. The first kappa shape index (κ1) is 16.5. The summed E-state index contributed by atoms with van der Waals surface area (Å²) in [6, 6.07) is 15.0. The number of fused-ring (bicyclic) bond motifs is 3. The fraction of sp³-hybridized carbons (Fsp3) is 0.222. The number of carbonyl (C=O) groups excluding carboxylic acids is 1. The highest BCUT2D eigenvalue weighted by Crippen LogP contribution is 2.44. The Kier molecular flexibility index (Phi) is 4.85. The van der Waals surface area contributed by atoms with Crippen molar-refractivity contribution >= 4 is 28.0 Å². The second kappa shape index (κ2) is 7.05. The van der Waals surface area contributed by atoms with E-state index >= 15 is 0 Å². The molecular weight excluding hydrogens is 374 g/mol. The van der Waals surface area contributed by atoms with E-state index in [1.165, 1.54) is 0 Å². The summed E-state index contributed by atoms with van der Waals surface area (Å²) in [5, 5.41) is 11.4. The van der Waals surface area contributed by atoms with E-state index in [0.29, 0.717) is 0 Å². The molecule has 2 aromatic rings. The summed E-state index contributed by atoms with van der Waals surface area (Å²) in [5.74, 6) is -1.16. The molecule has 0 aromatic heterocycles. The van der Waals surface area contributed by atoms with Gasteiger partial charge in [-0.05, 0) is 22.3 Å². The number of hydrogen-bond acceptors (Lipinski definition) is 3. The number of alkyl carbamates (subject to hydrolysis) is 1. The van der Waals surface area contributed by atoms with Crippen molar-refractivity contribution in [1.29, 1.82) is 0 Å². The number of hydrogen-bond donors (Lipinski definition) is 2. The molecule has 1 amide bonds. The molecule has 2 aromatic carbocycles. The lowest BCUT2D eigenvalue weighted by molar-refractivity contribution is -0.138. The lowest BCUT2D eigenvalue weighted by Crippen LogP contribution is -2.42. The average molecular weight is 390 g/mol. The van der Waals surface area contributed by atoms with Crippen molar-refractivity contribution in [3.8, 4) is 11.1 Å². The predicted octanol–water partition coefficient (Wildman–Crippen LogP) is 3.37. The van der Waals surface area contributed by atoms with Gasteiger partial charge in [0.1, 0.15) is 12.6 Å².